The van der Waals surface area contributed by atoms with Gasteiger partial charge in [0, 0.05) is 12.6 Å². The van der Waals surface area contributed by atoms with Crippen LogP contribution in [0.1, 0.15) is 26.3 Å². The number of Topliss-reactive ketones (excluding diaryl/α,β-unsaturated/α-hetero) is 1. The summed E-state index contributed by atoms with van der Waals surface area (Å²) >= 11 is 0. The van der Waals surface area contributed by atoms with Crippen LogP contribution in [-0.4, -0.2) is 29.8 Å². The molecule has 0 saturated heterocycles. The second kappa shape index (κ2) is 5.53. The summed E-state index contributed by atoms with van der Waals surface area (Å²) in [5, 5.41) is 9.09. The Morgan fingerprint density at radius 2 is 1.78 bits per heavy atom. The van der Waals surface area contributed by atoms with Gasteiger partial charge in [-0.25, -0.2) is 4.79 Å². The number of carbonyl (C=O) groups excluding carboxylic acids is 2. The van der Waals surface area contributed by atoms with Gasteiger partial charge in [-0.1, -0.05) is 30.3 Å². The molecule has 0 bridgehead atoms. The van der Waals surface area contributed by atoms with Gasteiger partial charge in [0.05, 0.1) is 16.8 Å². The first-order valence-electron chi connectivity index (χ1n) is 6.96. The van der Waals surface area contributed by atoms with E-state index in [0.29, 0.717) is 5.69 Å². The topological polar surface area (TPSA) is 74.7 Å². The van der Waals surface area contributed by atoms with Crippen LogP contribution in [0.5, 0.6) is 0 Å². The Balaban J connectivity index is 2.14. The van der Waals surface area contributed by atoms with E-state index < -0.39 is 17.7 Å². The molecule has 1 N–H and O–H groups in total. The highest BCUT2D eigenvalue weighted by Crippen LogP contribution is 2.31. The molecule has 1 amide bonds. The number of fused-ring (bicyclic) bond motifs is 1. The van der Waals surface area contributed by atoms with Crippen LogP contribution in [0.4, 0.5) is 5.69 Å². The van der Waals surface area contributed by atoms with Crippen molar-refractivity contribution in [1.29, 1.82) is 0 Å². The van der Waals surface area contributed by atoms with Crippen LogP contribution in [0.3, 0.4) is 0 Å². The fraction of sp³-hybridized carbons (Fsp3) is 0.0556. The average molecular weight is 307 g/mol. The summed E-state index contributed by atoms with van der Waals surface area (Å²) in [5.74, 6) is -1.99. The Hall–Kier alpha value is -3.21. The molecule has 23 heavy (non-hydrogen) atoms. The van der Waals surface area contributed by atoms with E-state index in [0.717, 1.165) is 5.56 Å². The number of hydrogen-bond acceptors (Lipinski definition) is 3. The Kier molecular flexibility index (Phi) is 3.54. The molecule has 0 aromatic heterocycles. The van der Waals surface area contributed by atoms with Crippen LogP contribution in [0.15, 0.2) is 54.1 Å². The minimum absolute atomic E-state index is 0.0129. The zero-order chi connectivity index (χ0) is 16.6. The van der Waals surface area contributed by atoms with Crippen LogP contribution in [0, 0.1) is 0 Å². The molecule has 1 aliphatic heterocycles. The maximum atomic E-state index is 12.6. The van der Waals surface area contributed by atoms with E-state index in [4.69, 9.17) is 5.11 Å². The summed E-state index contributed by atoms with van der Waals surface area (Å²) in [5.41, 5.74) is 1.40. The minimum atomic E-state index is -1.12. The lowest BCUT2D eigenvalue weighted by molar-refractivity contribution is -0.114. The Morgan fingerprint density at radius 3 is 2.43 bits per heavy atom. The Labute approximate surface area is 132 Å². The molecule has 0 saturated carbocycles. The summed E-state index contributed by atoms with van der Waals surface area (Å²) < 4.78 is 0. The highest BCUT2D eigenvalue weighted by atomic mass is 16.4. The molecular weight excluding hydrogens is 294 g/mol. The lowest BCUT2D eigenvalue weighted by Gasteiger charge is -2.26. The van der Waals surface area contributed by atoms with Gasteiger partial charge in [-0.05, 0) is 29.8 Å². The zero-order valence-corrected chi connectivity index (χ0v) is 12.3. The van der Waals surface area contributed by atoms with Gasteiger partial charge in [-0.2, -0.15) is 0 Å². The molecule has 0 atom stereocenters. The number of aromatic carboxylic acids is 1. The van der Waals surface area contributed by atoms with Crippen molar-refractivity contribution in [1.82, 2.24) is 0 Å². The number of carboxylic acids is 1. The normalized spacial score (nSPS) is 15.7. The van der Waals surface area contributed by atoms with Crippen molar-refractivity contribution in [3.8, 4) is 0 Å². The molecule has 2 aromatic rings. The summed E-state index contributed by atoms with van der Waals surface area (Å²) in [6.07, 6.45) is 1.53. The van der Waals surface area contributed by atoms with Gasteiger partial charge in [0.25, 0.3) is 5.91 Å². The molecular formula is C18H13NO4. The van der Waals surface area contributed by atoms with Crippen molar-refractivity contribution < 1.29 is 19.5 Å². The first kappa shape index (κ1) is 14.7. The molecule has 2 aromatic carbocycles. The largest absolute Gasteiger partial charge is 0.478 e. The van der Waals surface area contributed by atoms with E-state index in [2.05, 4.69) is 0 Å². The number of amides is 1. The first-order valence-corrected chi connectivity index (χ1v) is 6.96. The molecule has 0 aliphatic carbocycles. The van der Waals surface area contributed by atoms with Gasteiger partial charge in [0.1, 0.15) is 0 Å². The molecule has 3 rings (SSSR count). The van der Waals surface area contributed by atoms with Gasteiger partial charge in [0.2, 0.25) is 5.78 Å². The molecule has 1 aliphatic rings. The Bertz CT molecular complexity index is 853. The summed E-state index contributed by atoms with van der Waals surface area (Å²) in [6, 6.07) is 13.2. The van der Waals surface area contributed by atoms with E-state index in [1.165, 1.54) is 29.2 Å². The third kappa shape index (κ3) is 2.53. The second-order valence-electron chi connectivity index (χ2n) is 5.20. The molecule has 114 valence electrons. The number of nitrogens with zero attached hydrogens (tertiary/aromatic N) is 1. The number of carboxylic acid groups (broad SMARTS) is 1. The number of likely N-dealkylation sites (N-methyl/N-ethyl adjacent to an activating group) is 1. The zero-order valence-electron chi connectivity index (χ0n) is 12.3. The quantitative estimate of drug-likeness (QED) is 0.683. The molecule has 1 heterocycles. The summed E-state index contributed by atoms with van der Waals surface area (Å²) in [6.45, 7) is 0. The third-order valence-electron chi connectivity index (χ3n) is 3.74. The van der Waals surface area contributed by atoms with Crippen molar-refractivity contribution in [3.05, 3.63) is 70.8 Å². The minimum Gasteiger partial charge on any atom is -0.478 e. The Morgan fingerprint density at radius 1 is 1.09 bits per heavy atom. The lowest BCUT2D eigenvalue weighted by Crippen LogP contribution is -2.36. The highest BCUT2D eigenvalue weighted by Gasteiger charge is 2.33. The molecule has 5 heteroatoms. The highest BCUT2D eigenvalue weighted by molar-refractivity contribution is 6.36. The summed E-state index contributed by atoms with van der Waals surface area (Å²) in [7, 11) is 1.56. The average Bonchev–Trinajstić information content (AvgIpc) is 2.57. The van der Waals surface area contributed by atoms with Crippen LogP contribution >= 0.6 is 0 Å². The van der Waals surface area contributed by atoms with Gasteiger partial charge in [0.15, 0.2) is 0 Å². The van der Waals surface area contributed by atoms with Gasteiger partial charge in [-0.3, -0.25) is 9.59 Å². The van der Waals surface area contributed by atoms with Crippen molar-refractivity contribution in [2.24, 2.45) is 0 Å². The van der Waals surface area contributed by atoms with Crippen LogP contribution in [0.2, 0.25) is 0 Å². The fourth-order valence-electron chi connectivity index (χ4n) is 2.52. The smallest absolute Gasteiger partial charge is 0.335 e. The maximum absolute atomic E-state index is 12.6. The van der Waals surface area contributed by atoms with Crippen molar-refractivity contribution in [2.45, 2.75) is 0 Å². The molecule has 0 radical (unpaired) electrons. The summed E-state index contributed by atoms with van der Waals surface area (Å²) in [4.78, 5) is 37.5. The van der Waals surface area contributed by atoms with Crippen LogP contribution in [0.25, 0.3) is 6.08 Å². The molecule has 5 nitrogen and oxygen atoms in total. The number of carbonyl (C=O) groups is 3. The standard InChI is InChI=1S/C18H13NO4/c1-19-15-8-7-12(18(22)23)10-13(15)16(20)14(17(19)21)9-11-5-3-2-4-6-11/h2-10H,1H3,(H,22,23). The van der Waals surface area contributed by atoms with Gasteiger partial charge in [-0.15, -0.1) is 0 Å². The number of benzene rings is 2. The molecule has 0 unspecified atom stereocenters. The van der Waals surface area contributed by atoms with Crippen molar-refractivity contribution in [3.63, 3.8) is 0 Å². The second-order valence-corrected chi connectivity index (χ2v) is 5.20. The maximum Gasteiger partial charge on any atom is 0.335 e. The number of hydrogen-bond donors (Lipinski definition) is 1. The SMILES string of the molecule is CN1C(=O)C(=Cc2ccccc2)C(=O)c2cc(C(=O)O)ccc21. The van der Waals surface area contributed by atoms with E-state index in [-0.39, 0.29) is 16.7 Å². The van der Waals surface area contributed by atoms with Crippen LogP contribution in [-0.2, 0) is 4.79 Å². The predicted molar refractivity (Wildman–Crippen MR) is 85.6 cm³/mol. The monoisotopic (exact) mass is 307 g/mol. The molecule has 0 spiro atoms. The van der Waals surface area contributed by atoms with Gasteiger partial charge >= 0.3 is 5.97 Å². The van der Waals surface area contributed by atoms with E-state index >= 15 is 0 Å². The fourth-order valence-corrected chi connectivity index (χ4v) is 2.52. The van der Waals surface area contributed by atoms with E-state index in [1.54, 1.807) is 19.2 Å². The number of ketones is 1. The third-order valence-corrected chi connectivity index (χ3v) is 3.74. The van der Waals surface area contributed by atoms with Crippen molar-refractivity contribution >= 4 is 29.4 Å². The molecule has 0 fully saturated rings. The lowest BCUT2D eigenvalue weighted by atomic mass is 9.92. The van der Waals surface area contributed by atoms with Gasteiger partial charge < -0.3 is 10.0 Å². The number of rotatable bonds is 2. The first-order chi connectivity index (χ1) is 11.0. The van der Waals surface area contributed by atoms with Crippen LogP contribution < -0.4 is 4.90 Å². The number of anilines is 1. The van der Waals surface area contributed by atoms with E-state index in [1.807, 2.05) is 18.2 Å². The van der Waals surface area contributed by atoms with E-state index in [9.17, 15) is 14.4 Å². The predicted octanol–water partition coefficient (Wildman–Crippen LogP) is 2.63. The van der Waals surface area contributed by atoms with Crippen molar-refractivity contribution in [2.75, 3.05) is 11.9 Å².